The van der Waals surface area contributed by atoms with Gasteiger partial charge in [0.25, 0.3) is 5.91 Å². The van der Waals surface area contributed by atoms with E-state index in [0.717, 1.165) is 4.90 Å². The summed E-state index contributed by atoms with van der Waals surface area (Å²) in [5.74, 6) is -1.97. The Morgan fingerprint density at radius 3 is 2.14 bits per heavy atom. The fraction of sp³-hybridized carbons (Fsp3) is 0.154. The van der Waals surface area contributed by atoms with E-state index in [0.29, 0.717) is 22.0 Å². The molecule has 4 rings (SSSR count). The molecule has 3 aromatic carbocycles. The molecule has 5 amide bonds. The molecule has 9 nitrogen and oxygen atoms in total. The molecule has 0 spiro atoms. The second kappa shape index (κ2) is 10.4. The summed E-state index contributed by atoms with van der Waals surface area (Å²) in [5.41, 5.74) is 1.03. The first-order valence-electron chi connectivity index (χ1n) is 10.9. The Labute approximate surface area is 206 Å². The monoisotopic (exact) mass is 491 g/mol. The molecule has 1 heterocycles. The summed E-state index contributed by atoms with van der Waals surface area (Å²) in [6, 6.07) is 17.5. The number of hydrogen-bond acceptors (Lipinski definition) is 6. The van der Waals surface area contributed by atoms with E-state index >= 15 is 0 Å². The summed E-state index contributed by atoms with van der Waals surface area (Å²) in [4.78, 5) is 52.5. The molecule has 0 bridgehead atoms. The van der Waals surface area contributed by atoms with Crippen molar-refractivity contribution >= 4 is 23.8 Å². The zero-order valence-electron chi connectivity index (χ0n) is 19.4. The lowest BCUT2D eigenvalue weighted by Crippen LogP contribution is -2.38. The second-order valence-corrected chi connectivity index (χ2v) is 7.80. The molecule has 3 aromatic rings. The summed E-state index contributed by atoms with van der Waals surface area (Å²) in [5, 5.41) is 2.50. The van der Waals surface area contributed by atoms with E-state index < -0.39 is 30.0 Å². The quantitative estimate of drug-likeness (QED) is 0.381. The van der Waals surface area contributed by atoms with Gasteiger partial charge in [-0.2, -0.15) is 0 Å². The molecule has 0 aliphatic carbocycles. The van der Waals surface area contributed by atoms with Gasteiger partial charge < -0.3 is 14.8 Å². The third-order valence-corrected chi connectivity index (χ3v) is 5.55. The van der Waals surface area contributed by atoms with Crippen molar-refractivity contribution in [2.24, 2.45) is 0 Å². The van der Waals surface area contributed by atoms with Gasteiger partial charge in [-0.15, -0.1) is 0 Å². The van der Waals surface area contributed by atoms with Crippen molar-refractivity contribution in [3.63, 3.8) is 0 Å². The Morgan fingerprint density at radius 1 is 0.917 bits per heavy atom. The number of hydrogen-bond donors (Lipinski definition) is 1. The Bertz CT molecular complexity index is 1310. The molecular weight excluding hydrogens is 469 g/mol. The van der Waals surface area contributed by atoms with E-state index in [2.05, 4.69) is 5.32 Å². The van der Waals surface area contributed by atoms with Crippen LogP contribution < -0.4 is 10.1 Å². The number of ether oxygens (including phenoxy) is 2. The smallest absolute Gasteiger partial charge is 0.336 e. The first-order chi connectivity index (χ1) is 17.3. The first-order valence-corrected chi connectivity index (χ1v) is 10.9. The van der Waals surface area contributed by atoms with Crippen molar-refractivity contribution in [2.45, 2.75) is 12.8 Å². The number of benzene rings is 3. The number of rotatable bonds is 8. The standard InChI is InChI=1S/C26H22FN3O6/c1-28-22(31)20-5-3-4-6-21(20)25(35-2)30-24(33)23(32)29(26(30)34)15-16-7-11-18(12-8-16)36-19-13-9-17(27)10-14-19/h3-14,25H,15H2,1-2H3,(H,28,31). The average molecular weight is 491 g/mol. The number of nitrogens with zero attached hydrogens (tertiary/aromatic N) is 2. The van der Waals surface area contributed by atoms with Gasteiger partial charge in [0, 0.05) is 25.3 Å². The fourth-order valence-corrected chi connectivity index (χ4v) is 3.78. The summed E-state index contributed by atoms with van der Waals surface area (Å²) >= 11 is 0. The van der Waals surface area contributed by atoms with Crippen molar-refractivity contribution in [2.75, 3.05) is 14.2 Å². The maximum atomic E-state index is 13.2. The summed E-state index contributed by atoms with van der Waals surface area (Å²) < 4.78 is 24.1. The first kappa shape index (κ1) is 24.6. The van der Waals surface area contributed by atoms with Gasteiger partial charge in [0.1, 0.15) is 17.3 Å². The fourth-order valence-electron chi connectivity index (χ4n) is 3.78. The van der Waals surface area contributed by atoms with Crippen LogP contribution in [0.15, 0.2) is 72.8 Å². The molecule has 1 unspecified atom stereocenters. The van der Waals surface area contributed by atoms with Crippen LogP contribution in [0.25, 0.3) is 0 Å². The lowest BCUT2D eigenvalue weighted by atomic mass is 10.0. The van der Waals surface area contributed by atoms with Crippen molar-refractivity contribution in [3.8, 4) is 11.5 Å². The van der Waals surface area contributed by atoms with Crippen molar-refractivity contribution in [1.82, 2.24) is 15.1 Å². The minimum atomic E-state index is -1.28. The molecule has 36 heavy (non-hydrogen) atoms. The van der Waals surface area contributed by atoms with Crippen LogP contribution in [-0.4, -0.2) is 47.7 Å². The zero-order valence-corrected chi connectivity index (χ0v) is 19.4. The zero-order chi connectivity index (χ0) is 25.8. The van der Waals surface area contributed by atoms with Gasteiger partial charge in [-0.05, 0) is 48.0 Å². The van der Waals surface area contributed by atoms with Crippen LogP contribution in [0.2, 0.25) is 0 Å². The molecule has 1 fully saturated rings. The molecule has 184 valence electrons. The van der Waals surface area contributed by atoms with Crippen LogP contribution in [0.3, 0.4) is 0 Å². The van der Waals surface area contributed by atoms with E-state index in [4.69, 9.17) is 9.47 Å². The van der Waals surface area contributed by atoms with Crippen LogP contribution in [0.4, 0.5) is 9.18 Å². The van der Waals surface area contributed by atoms with Crippen molar-refractivity contribution in [3.05, 3.63) is 95.3 Å². The van der Waals surface area contributed by atoms with Gasteiger partial charge in [-0.25, -0.2) is 14.1 Å². The number of imide groups is 2. The van der Waals surface area contributed by atoms with Crippen LogP contribution in [-0.2, 0) is 20.9 Å². The highest BCUT2D eigenvalue weighted by atomic mass is 19.1. The highest BCUT2D eigenvalue weighted by Crippen LogP contribution is 2.31. The van der Waals surface area contributed by atoms with Crippen LogP contribution >= 0.6 is 0 Å². The molecule has 0 saturated carbocycles. The van der Waals surface area contributed by atoms with Gasteiger partial charge in [0.2, 0.25) is 0 Å². The van der Waals surface area contributed by atoms with Crippen LogP contribution in [0.5, 0.6) is 11.5 Å². The summed E-state index contributed by atoms with van der Waals surface area (Å²) in [7, 11) is 2.73. The highest BCUT2D eigenvalue weighted by Gasteiger charge is 2.49. The van der Waals surface area contributed by atoms with Gasteiger partial charge in [-0.3, -0.25) is 19.3 Å². The number of halogens is 1. The van der Waals surface area contributed by atoms with Gasteiger partial charge >= 0.3 is 17.8 Å². The van der Waals surface area contributed by atoms with E-state index in [9.17, 15) is 23.6 Å². The molecule has 0 aromatic heterocycles. The van der Waals surface area contributed by atoms with Gasteiger partial charge in [0.15, 0.2) is 6.23 Å². The molecule has 1 atom stereocenters. The summed E-state index contributed by atoms with van der Waals surface area (Å²) in [6.07, 6.45) is -1.28. The number of nitrogens with one attached hydrogen (secondary N) is 1. The van der Waals surface area contributed by atoms with Crippen LogP contribution in [0, 0.1) is 5.82 Å². The molecular formula is C26H22FN3O6. The van der Waals surface area contributed by atoms with E-state index in [-0.39, 0.29) is 23.5 Å². The minimum absolute atomic E-state index is 0.162. The maximum absolute atomic E-state index is 13.2. The van der Waals surface area contributed by atoms with Crippen molar-refractivity contribution < 1.29 is 33.0 Å². The predicted molar refractivity (Wildman–Crippen MR) is 125 cm³/mol. The Balaban J connectivity index is 1.53. The third-order valence-electron chi connectivity index (χ3n) is 5.55. The summed E-state index contributed by atoms with van der Waals surface area (Å²) in [6.45, 7) is -0.162. The predicted octanol–water partition coefficient (Wildman–Crippen LogP) is 3.61. The second-order valence-electron chi connectivity index (χ2n) is 7.80. The molecule has 10 heteroatoms. The molecule has 1 aliphatic rings. The Kier molecular flexibility index (Phi) is 7.07. The number of carbonyl (C=O) groups excluding carboxylic acids is 4. The SMILES string of the molecule is CNC(=O)c1ccccc1C(OC)N1C(=O)C(=O)N(Cc2ccc(Oc3ccc(F)cc3)cc2)C1=O. The maximum Gasteiger partial charge on any atom is 0.336 e. The lowest BCUT2D eigenvalue weighted by Gasteiger charge is -2.26. The molecule has 1 aliphatic heterocycles. The largest absolute Gasteiger partial charge is 0.457 e. The van der Waals surface area contributed by atoms with E-state index in [1.165, 1.54) is 44.5 Å². The average Bonchev–Trinajstić information content (AvgIpc) is 3.10. The van der Waals surface area contributed by atoms with E-state index in [1.807, 2.05) is 0 Å². The van der Waals surface area contributed by atoms with Gasteiger partial charge in [-0.1, -0.05) is 30.3 Å². The number of urea groups is 1. The highest BCUT2D eigenvalue weighted by molar-refractivity contribution is 6.44. The van der Waals surface area contributed by atoms with Crippen LogP contribution in [0.1, 0.15) is 27.7 Å². The minimum Gasteiger partial charge on any atom is -0.457 e. The molecule has 1 saturated heterocycles. The molecule has 0 radical (unpaired) electrons. The lowest BCUT2D eigenvalue weighted by molar-refractivity contribution is -0.147. The van der Waals surface area contributed by atoms with Crippen molar-refractivity contribution in [1.29, 1.82) is 0 Å². The number of carbonyl (C=O) groups is 4. The van der Waals surface area contributed by atoms with E-state index in [1.54, 1.807) is 42.5 Å². The Morgan fingerprint density at radius 2 is 1.53 bits per heavy atom. The molecule has 1 N–H and O–H groups in total. The Hall–Kier alpha value is -4.57. The number of amides is 5. The third kappa shape index (κ3) is 4.80. The number of methoxy groups -OCH3 is 1. The normalized spacial score (nSPS) is 14.2. The topological polar surface area (TPSA) is 105 Å². The van der Waals surface area contributed by atoms with Gasteiger partial charge in [0.05, 0.1) is 6.54 Å².